The quantitative estimate of drug-likeness (QED) is 0.887. The SMILES string of the molecule is CC(C)c1ccc(NC(=O)c2nn(C)cc2N)cc1. The predicted molar refractivity (Wildman–Crippen MR) is 76.1 cm³/mol. The van der Waals surface area contributed by atoms with Crippen molar-refractivity contribution in [2.45, 2.75) is 19.8 Å². The molecule has 0 unspecified atom stereocenters. The molecular formula is C14H18N4O. The van der Waals surface area contributed by atoms with E-state index in [-0.39, 0.29) is 11.6 Å². The van der Waals surface area contributed by atoms with E-state index in [2.05, 4.69) is 24.3 Å². The molecule has 0 aliphatic carbocycles. The van der Waals surface area contributed by atoms with Gasteiger partial charge in [-0.1, -0.05) is 26.0 Å². The number of anilines is 2. The topological polar surface area (TPSA) is 72.9 Å². The molecule has 1 aromatic heterocycles. The van der Waals surface area contributed by atoms with E-state index in [1.165, 1.54) is 10.2 Å². The summed E-state index contributed by atoms with van der Waals surface area (Å²) in [5, 5.41) is 6.82. The Morgan fingerprint density at radius 2 is 1.95 bits per heavy atom. The van der Waals surface area contributed by atoms with Gasteiger partial charge in [-0.05, 0) is 23.6 Å². The second kappa shape index (κ2) is 5.14. The van der Waals surface area contributed by atoms with E-state index < -0.39 is 0 Å². The highest BCUT2D eigenvalue weighted by Crippen LogP contribution is 2.18. The van der Waals surface area contributed by atoms with E-state index in [0.29, 0.717) is 11.6 Å². The molecule has 0 radical (unpaired) electrons. The Balaban J connectivity index is 2.13. The molecule has 1 heterocycles. The molecule has 0 saturated heterocycles. The van der Waals surface area contributed by atoms with Crippen molar-refractivity contribution < 1.29 is 4.79 Å². The highest BCUT2D eigenvalue weighted by Gasteiger charge is 2.14. The molecule has 0 saturated carbocycles. The van der Waals surface area contributed by atoms with E-state index in [1.807, 2.05) is 24.3 Å². The molecule has 0 spiro atoms. The average molecular weight is 258 g/mol. The second-order valence-corrected chi connectivity index (χ2v) is 4.84. The second-order valence-electron chi connectivity index (χ2n) is 4.84. The van der Waals surface area contributed by atoms with Crippen LogP contribution in [0, 0.1) is 0 Å². The molecule has 0 fully saturated rings. The molecule has 3 N–H and O–H groups in total. The molecule has 0 bridgehead atoms. The Morgan fingerprint density at radius 3 is 2.42 bits per heavy atom. The van der Waals surface area contributed by atoms with Crippen LogP contribution in [0.25, 0.3) is 0 Å². The Bertz CT molecular complexity index is 584. The average Bonchev–Trinajstić information content (AvgIpc) is 2.69. The van der Waals surface area contributed by atoms with Crippen molar-refractivity contribution in [1.82, 2.24) is 9.78 Å². The first kappa shape index (κ1) is 13.1. The van der Waals surface area contributed by atoms with Crippen LogP contribution >= 0.6 is 0 Å². The number of aryl methyl sites for hydroxylation is 1. The normalized spacial score (nSPS) is 10.7. The number of carbonyl (C=O) groups excluding carboxylic acids is 1. The number of amides is 1. The lowest BCUT2D eigenvalue weighted by Crippen LogP contribution is -2.14. The van der Waals surface area contributed by atoms with Gasteiger partial charge >= 0.3 is 0 Å². The monoisotopic (exact) mass is 258 g/mol. The summed E-state index contributed by atoms with van der Waals surface area (Å²) in [6.45, 7) is 4.25. The van der Waals surface area contributed by atoms with Crippen LogP contribution in [0.2, 0.25) is 0 Å². The number of rotatable bonds is 3. The molecule has 0 aliphatic heterocycles. The molecule has 1 amide bonds. The fourth-order valence-corrected chi connectivity index (χ4v) is 1.82. The number of hydrogen-bond donors (Lipinski definition) is 2. The van der Waals surface area contributed by atoms with Crippen LogP contribution in [-0.2, 0) is 7.05 Å². The minimum Gasteiger partial charge on any atom is -0.396 e. The molecule has 2 rings (SSSR count). The summed E-state index contributed by atoms with van der Waals surface area (Å²) in [6, 6.07) is 7.77. The van der Waals surface area contributed by atoms with E-state index in [0.717, 1.165) is 5.69 Å². The number of nitrogens with one attached hydrogen (secondary N) is 1. The van der Waals surface area contributed by atoms with Gasteiger partial charge in [0.2, 0.25) is 0 Å². The summed E-state index contributed by atoms with van der Waals surface area (Å²) in [6.07, 6.45) is 1.61. The number of nitrogens with two attached hydrogens (primary N) is 1. The lowest BCUT2D eigenvalue weighted by molar-refractivity contribution is 0.102. The molecular weight excluding hydrogens is 240 g/mol. The van der Waals surface area contributed by atoms with Gasteiger partial charge < -0.3 is 11.1 Å². The zero-order valence-corrected chi connectivity index (χ0v) is 11.3. The van der Waals surface area contributed by atoms with Gasteiger partial charge in [0, 0.05) is 18.9 Å². The van der Waals surface area contributed by atoms with Crippen molar-refractivity contribution in [1.29, 1.82) is 0 Å². The number of carbonyl (C=O) groups is 1. The lowest BCUT2D eigenvalue weighted by atomic mass is 10.0. The van der Waals surface area contributed by atoms with Crippen LogP contribution in [0.5, 0.6) is 0 Å². The Morgan fingerprint density at radius 1 is 1.32 bits per heavy atom. The fourth-order valence-electron chi connectivity index (χ4n) is 1.82. The maximum absolute atomic E-state index is 12.0. The van der Waals surface area contributed by atoms with E-state index in [9.17, 15) is 4.79 Å². The van der Waals surface area contributed by atoms with Crippen LogP contribution < -0.4 is 11.1 Å². The van der Waals surface area contributed by atoms with Gasteiger partial charge in [-0.3, -0.25) is 9.48 Å². The minimum atomic E-state index is -0.296. The number of benzene rings is 1. The highest BCUT2D eigenvalue weighted by molar-refractivity contribution is 6.06. The Hall–Kier alpha value is -2.30. The van der Waals surface area contributed by atoms with E-state index in [4.69, 9.17) is 5.73 Å². The fraction of sp³-hybridized carbons (Fsp3) is 0.286. The third-order valence-electron chi connectivity index (χ3n) is 2.91. The predicted octanol–water partition coefficient (Wildman–Crippen LogP) is 2.38. The minimum absolute atomic E-state index is 0.246. The smallest absolute Gasteiger partial charge is 0.278 e. The summed E-state index contributed by atoms with van der Waals surface area (Å²) in [5.41, 5.74) is 8.30. The van der Waals surface area contributed by atoms with Crippen molar-refractivity contribution in [2.24, 2.45) is 7.05 Å². The van der Waals surface area contributed by atoms with E-state index >= 15 is 0 Å². The summed E-state index contributed by atoms with van der Waals surface area (Å²) in [5.74, 6) is 0.173. The van der Waals surface area contributed by atoms with Crippen LogP contribution in [0.1, 0.15) is 35.8 Å². The standard InChI is InChI=1S/C14H18N4O/c1-9(2)10-4-6-11(7-5-10)16-14(19)13-12(15)8-18(3)17-13/h4-9H,15H2,1-3H3,(H,16,19). The molecule has 0 atom stereocenters. The first-order chi connectivity index (χ1) is 8.97. The van der Waals surface area contributed by atoms with Crippen LogP contribution in [-0.4, -0.2) is 15.7 Å². The number of aromatic nitrogens is 2. The summed E-state index contributed by atoms with van der Waals surface area (Å²) in [7, 11) is 1.73. The molecule has 5 heteroatoms. The maximum atomic E-state index is 12.0. The molecule has 0 aliphatic rings. The van der Waals surface area contributed by atoms with Gasteiger partial charge in [-0.15, -0.1) is 0 Å². The van der Waals surface area contributed by atoms with Gasteiger partial charge in [-0.2, -0.15) is 5.10 Å². The van der Waals surface area contributed by atoms with Crippen LogP contribution in [0.15, 0.2) is 30.5 Å². The zero-order valence-electron chi connectivity index (χ0n) is 11.3. The van der Waals surface area contributed by atoms with Gasteiger partial charge in [0.15, 0.2) is 5.69 Å². The van der Waals surface area contributed by atoms with Crippen LogP contribution in [0.4, 0.5) is 11.4 Å². The van der Waals surface area contributed by atoms with Crippen molar-refractivity contribution in [3.8, 4) is 0 Å². The molecule has 100 valence electrons. The zero-order chi connectivity index (χ0) is 14.0. The van der Waals surface area contributed by atoms with Gasteiger partial charge in [0.1, 0.15) is 0 Å². The first-order valence-electron chi connectivity index (χ1n) is 6.18. The molecule has 1 aromatic carbocycles. The van der Waals surface area contributed by atoms with Crippen molar-refractivity contribution >= 4 is 17.3 Å². The number of hydrogen-bond acceptors (Lipinski definition) is 3. The third-order valence-corrected chi connectivity index (χ3v) is 2.91. The molecule has 19 heavy (non-hydrogen) atoms. The largest absolute Gasteiger partial charge is 0.396 e. The van der Waals surface area contributed by atoms with Gasteiger partial charge in [-0.25, -0.2) is 0 Å². The van der Waals surface area contributed by atoms with Crippen molar-refractivity contribution in [3.63, 3.8) is 0 Å². The number of nitrogen functional groups attached to an aromatic ring is 1. The maximum Gasteiger partial charge on any atom is 0.278 e. The Kier molecular flexibility index (Phi) is 3.55. The summed E-state index contributed by atoms with van der Waals surface area (Å²) in [4.78, 5) is 12.0. The Labute approximate surface area is 112 Å². The van der Waals surface area contributed by atoms with Gasteiger partial charge in [0.05, 0.1) is 5.69 Å². The lowest BCUT2D eigenvalue weighted by Gasteiger charge is -2.07. The highest BCUT2D eigenvalue weighted by atomic mass is 16.2. The molecule has 2 aromatic rings. The van der Waals surface area contributed by atoms with Crippen molar-refractivity contribution in [3.05, 3.63) is 41.7 Å². The molecule has 5 nitrogen and oxygen atoms in total. The first-order valence-corrected chi connectivity index (χ1v) is 6.18. The van der Waals surface area contributed by atoms with E-state index in [1.54, 1.807) is 13.2 Å². The van der Waals surface area contributed by atoms with Crippen LogP contribution in [0.3, 0.4) is 0 Å². The summed E-state index contributed by atoms with van der Waals surface area (Å²) < 4.78 is 1.52. The summed E-state index contributed by atoms with van der Waals surface area (Å²) >= 11 is 0. The number of nitrogens with zero attached hydrogens (tertiary/aromatic N) is 2. The van der Waals surface area contributed by atoms with Gasteiger partial charge in [0.25, 0.3) is 5.91 Å². The third kappa shape index (κ3) is 2.93. The van der Waals surface area contributed by atoms with Crippen molar-refractivity contribution in [2.75, 3.05) is 11.1 Å².